The molecule has 4 atom stereocenters. The number of carbonyl (C=O) groups is 3. The summed E-state index contributed by atoms with van der Waals surface area (Å²) in [7, 11) is 1.55. The highest BCUT2D eigenvalue weighted by Crippen LogP contribution is 2.58. The first-order valence-corrected chi connectivity index (χ1v) is 51.8. The number of amides is 2. The van der Waals surface area contributed by atoms with E-state index < -0.39 is 0 Å². The number of ketones is 1. The van der Waals surface area contributed by atoms with Gasteiger partial charge < -0.3 is 54.0 Å². The fraction of sp³-hybridized carbons (Fsp3) is 0.670. The van der Waals surface area contributed by atoms with Crippen LogP contribution in [0.1, 0.15) is 308 Å². The zero-order valence-corrected chi connectivity index (χ0v) is 79.1. The van der Waals surface area contributed by atoms with Gasteiger partial charge in [0.15, 0.2) is 17.5 Å². The summed E-state index contributed by atoms with van der Waals surface area (Å²) in [6.45, 7) is 14.1. The van der Waals surface area contributed by atoms with Crippen molar-refractivity contribution in [2.45, 2.75) is 356 Å². The molecule has 7 saturated carbocycles. The first kappa shape index (κ1) is 92.5. The summed E-state index contributed by atoms with van der Waals surface area (Å²) in [4.78, 5) is 123. The van der Waals surface area contributed by atoms with Gasteiger partial charge in [-0.2, -0.15) is 0 Å². The summed E-state index contributed by atoms with van der Waals surface area (Å²) in [6, 6.07) is 36.5. The van der Waals surface area contributed by atoms with Crippen LogP contribution in [0.5, 0.6) is 5.88 Å². The maximum atomic E-state index is 13.8. The number of aromatic nitrogens is 8. The maximum Gasteiger partial charge on any atom is 0.314 e. The number of benzene rings is 4. The molecule has 7 aliphatic carbocycles. The Balaban J connectivity index is 0.000000117. The highest BCUT2D eigenvalue weighted by atomic mass is 16.5. The first-order chi connectivity index (χ1) is 64.0. The van der Waals surface area contributed by atoms with Crippen LogP contribution in [0, 0.1) is 17.8 Å². The van der Waals surface area contributed by atoms with Gasteiger partial charge in [0.25, 0.3) is 22.6 Å². The molecule has 3 N–H and O–H groups in total. The second-order valence-corrected chi connectivity index (χ2v) is 41.9. The van der Waals surface area contributed by atoms with E-state index in [2.05, 4.69) is 50.4 Å². The van der Waals surface area contributed by atoms with E-state index in [0.717, 1.165) is 210 Å². The van der Waals surface area contributed by atoms with E-state index in [1.807, 2.05) is 120 Å². The molecule has 7 aliphatic heterocycles. The van der Waals surface area contributed by atoms with Gasteiger partial charge in [-0.05, 0) is 234 Å². The standard InChI is InChI=1S/C28H41N5O2.C27H39N5O2.C26H34N4O2.C25H35N3O2/c1-21(34)31-17-13-22(14-18-31)29-27-28(35)33(26-12-8-7-11-25(26)30-27)24-15-19-32(20-16-24)23-9-5-3-2-4-6-10-23;1-20(33)28-21-13-16-31(19-21)26-27(34)32(25-12-8-7-11-24(25)29-26)23-14-17-30(18-15-23)22-9-5-3-2-4-6-10-22;1-17(31)16-27-24-25(32)30(23-5-3-2-4-22(23)28-24)21-6-8-29(9-7-21)26-13-18-10-19(14-26)12-20(11-18)15-26;1-30-24-25(29)28(23-15-8-7-14-22(23)26-24)21-16-19-12-9-13-20(17-21)27(19)18-10-5-3-2-4-6-11-18/h7-8,11-12,22-24H,2-6,9-10,13-20H2,1H3,(H,29,30);7-8,11-12,21-23H,2-6,9-10,13-19H2,1H3,(H,28,33);2-5,18-21H,6-16H2,1H3,(H,27,28);7-8,14-15,18-21H,2-6,9-13,16-17H2,1H3/t;21-;;19-,20+,21?/m.0../s1. The molecule has 4 aromatic heterocycles. The molecule has 0 radical (unpaired) electrons. The van der Waals surface area contributed by atoms with Gasteiger partial charge in [-0.15, -0.1) is 0 Å². The van der Waals surface area contributed by atoms with Crippen molar-refractivity contribution in [1.29, 1.82) is 0 Å². The van der Waals surface area contributed by atoms with Gasteiger partial charge in [0.1, 0.15) is 5.78 Å². The monoisotopic (exact) mass is 1790 g/mol. The molecule has 4 aromatic carbocycles. The number of nitrogens with zero attached hydrogens (tertiary/aromatic N) is 14. The van der Waals surface area contributed by atoms with E-state index in [1.165, 1.54) is 200 Å². The van der Waals surface area contributed by atoms with Gasteiger partial charge in [0.2, 0.25) is 11.8 Å². The number of hydrogen-bond acceptors (Lipinski definition) is 19. The number of hydrogen-bond donors (Lipinski definition) is 3. The van der Waals surface area contributed by atoms with Crippen LogP contribution in [0.15, 0.2) is 116 Å². The van der Waals surface area contributed by atoms with Crippen LogP contribution in [-0.2, 0) is 14.4 Å². The number of nitrogens with one attached hydrogen (secondary N) is 3. The number of likely N-dealkylation sites (tertiary alicyclic amines) is 4. The molecule has 11 heterocycles. The minimum Gasteiger partial charge on any atom is -0.477 e. The van der Waals surface area contributed by atoms with Gasteiger partial charge in [-0.3, -0.25) is 47.9 Å². The average Bonchev–Trinajstić information content (AvgIpc) is 0.916. The van der Waals surface area contributed by atoms with Crippen molar-refractivity contribution in [2.75, 3.05) is 94.6 Å². The Morgan fingerprint density at radius 2 is 0.779 bits per heavy atom. The summed E-state index contributed by atoms with van der Waals surface area (Å²) >= 11 is 0. The Hall–Kier alpha value is -8.91. The number of ether oxygens (including phenoxy) is 1. The number of carbonyl (C=O) groups excluding carboxylic acids is 3. The van der Waals surface area contributed by atoms with Gasteiger partial charge in [0, 0.05) is 151 Å². The minimum absolute atomic E-state index is 0.00195. The molecular formula is C106H149N17O8. The topological polar surface area (TPSA) is 256 Å². The van der Waals surface area contributed by atoms with Gasteiger partial charge >= 0.3 is 5.56 Å². The summed E-state index contributed by atoms with van der Waals surface area (Å²) in [5, 5.41) is 9.44. The molecule has 1 unspecified atom stereocenters. The van der Waals surface area contributed by atoms with Crippen molar-refractivity contribution >= 4 is 79.2 Å². The van der Waals surface area contributed by atoms with Crippen LogP contribution in [0.25, 0.3) is 44.1 Å². The van der Waals surface area contributed by atoms with E-state index in [1.54, 1.807) is 21.0 Å². The normalized spacial score (nSPS) is 26.6. The molecule has 131 heavy (non-hydrogen) atoms. The van der Waals surface area contributed by atoms with Crippen molar-refractivity contribution in [1.82, 2.24) is 68.0 Å². The highest BCUT2D eigenvalue weighted by Gasteiger charge is 2.54. The van der Waals surface area contributed by atoms with Crippen LogP contribution < -0.4 is 47.8 Å². The van der Waals surface area contributed by atoms with Crippen LogP contribution in [0.3, 0.4) is 0 Å². The van der Waals surface area contributed by atoms with E-state index in [0.29, 0.717) is 41.6 Å². The Morgan fingerprint density at radius 3 is 1.24 bits per heavy atom. The molecule has 6 bridgehead atoms. The van der Waals surface area contributed by atoms with Crippen molar-refractivity contribution in [2.24, 2.45) is 17.8 Å². The largest absolute Gasteiger partial charge is 0.477 e. The lowest BCUT2D eigenvalue weighted by atomic mass is 9.52. The first-order valence-electron chi connectivity index (χ1n) is 51.8. The lowest BCUT2D eigenvalue weighted by Gasteiger charge is -2.61. The Morgan fingerprint density at radius 1 is 0.382 bits per heavy atom. The summed E-state index contributed by atoms with van der Waals surface area (Å²) < 4.78 is 13.4. The fourth-order valence-corrected chi connectivity index (χ4v) is 27.3. The molecule has 7 saturated heterocycles. The van der Waals surface area contributed by atoms with Gasteiger partial charge in [-0.25, -0.2) is 19.9 Å². The summed E-state index contributed by atoms with van der Waals surface area (Å²) in [5.41, 5.74) is 7.44. The lowest BCUT2D eigenvalue weighted by molar-refractivity contribution is -0.129. The van der Waals surface area contributed by atoms with Crippen LogP contribution >= 0.6 is 0 Å². The lowest BCUT2D eigenvalue weighted by Crippen LogP contribution is -2.61. The third-order valence-corrected chi connectivity index (χ3v) is 33.3. The number of anilines is 3. The third-order valence-electron chi connectivity index (χ3n) is 33.3. The maximum absolute atomic E-state index is 13.8. The average molecular weight is 1790 g/mol. The molecule has 2 amide bonds. The zero-order valence-electron chi connectivity index (χ0n) is 79.1. The van der Waals surface area contributed by atoms with E-state index in [-0.39, 0.29) is 88.5 Å². The Labute approximate surface area is 774 Å². The van der Waals surface area contributed by atoms with E-state index in [4.69, 9.17) is 14.7 Å². The molecule has 14 fully saturated rings. The van der Waals surface area contributed by atoms with E-state index in [9.17, 15) is 33.6 Å². The Kier molecular flexibility index (Phi) is 30.2. The summed E-state index contributed by atoms with van der Waals surface area (Å²) in [6.07, 6.45) is 52.1. The Bertz CT molecular complexity index is 5430. The highest BCUT2D eigenvalue weighted by molar-refractivity contribution is 5.82. The fourth-order valence-electron chi connectivity index (χ4n) is 27.3. The van der Waals surface area contributed by atoms with Crippen LogP contribution in [0.4, 0.5) is 17.5 Å². The minimum atomic E-state index is -0.0989. The predicted molar refractivity (Wildman–Crippen MR) is 523 cm³/mol. The van der Waals surface area contributed by atoms with Crippen LogP contribution in [0.2, 0.25) is 0 Å². The van der Waals surface area contributed by atoms with Gasteiger partial charge in [-0.1, -0.05) is 151 Å². The molecular weight excluding hydrogens is 1640 g/mol. The molecule has 0 spiro atoms. The number of piperidine rings is 6. The molecule has 706 valence electrons. The second-order valence-electron chi connectivity index (χ2n) is 41.9. The SMILES string of the molecule is CC(=O)CNc1nc2ccccc2n(C2CCN(C34CC5CC(CC(C5)C3)C4)CC2)c1=O.CC(=O)N1CCC(Nc2nc3ccccc3n(C3CCN(C4CCCCCCC4)CC3)c2=O)CC1.CC(=O)N[C@H]1CCN(c2nc3ccccc3n(C3CCN(C4CCCCCCC4)CC3)c2=O)C1.COc1nc2ccccc2n(C2C[C@H]3CCC[C@@H](C2)N3C2CCCCCCC2)c1=O. The zero-order chi connectivity index (χ0) is 90.1. The van der Waals surface area contributed by atoms with E-state index >= 15 is 0 Å². The quantitative estimate of drug-likeness (QED) is 0.0812. The van der Waals surface area contributed by atoms with Crippen molar-refractivity contribution < 1.29 is 19.1 Å². The molecule has 25 heteroatoms. The molecule has 22 rings (SSSR count). The van der Waals surface area contributed by atoms with Crippen LogP contribution in [-0.4, -0.2) is 207 Å². The number of Topliss-reactive ketones (excluding diaryl/α,β-unsaturated/α-hetero) is 1. The van der Waals surface area contributed by atoms with Gasteiger partial charge in [0.05, 0.1) is 57.8 Å². The summed E-state index contributed by atoms with van der Waals surface area (Å²) in [5.74, 6) is 4.49. The molecule has 14 aliphatic rings. The molecule has 25 nitrogen and oxygen atoms in total. The molecule has 8 aromatic rings. The van der Waals surface area contributed by atoms with Crippen molar-refractivity contribution in [3.05, 3.63) is 138 Å². The smallest absolute Gasteiger partial charge is 0.314 e. The number of rotatable bonds is 16. The third kappa shape index (κ3) is 21.3. The van der Waals surface area contributed by atoms with Crippen molar-refractivity contribution in [3.63, 3.8) is 0 Å². The van der Waals surface area contributed by atoms with Crippen molar-refractivity contribution in [3.8, 4) is 5.88 Å². The number of para-hydroxylation sites is 8. The second kappa shape index (κ2) is 42.8. The number of fused-ring (bicyclic) bond motifs is 6. The number of methoxy groups -OCH3 is 1. The predicted octanol–water partition coefficient (Wildman–Crippen LogP) is 17.5.